The van der Waals surface area contributed by atoms with Crippen molar-refractivity contribution in [3.8, 4) is 6.07 Å². The van der Waals surface area contributed by atoms with Gasteiger partial charge in [-0.05, 0) is 70.9 Å². The van der Waals surface area contributed by atoms with Crippen LogP contribution in [0.4, 0.5) is 4.39 Å². The van der Waals surface area contributed by atoms with E-state index >= 15 is 0 Å². The highest BCUT2D eigenvalue weighted by atomic mass is 19.1. The van der Waals surface area contributed by atoms with Gasteiger partial charge in [-0.2, -0.15) is 10.4 Å². The topological polar surface area (TPSA) is 97.9 Å². The number of hydrogen-bond donors (Lipinski definition) is 0. The summed E-state index contributed by atoms with van der Waals surface area (Å²) in [6.07, 6.45) is 5.18. The van der Waals surface area contributed by atoms with Gasteiger partial charge in [0.05, 0.1) is 11.5 Å². The van der Waals surface area contributed by atoms with Crippen LogP contribution in [0.25, 0.3) is 0 Å². The van der Waals surface area contributed by atoms with Crippen LogP contribution in [0, 0.1) is 35.9 Å². The Kier molecular flexibility index (Phi) is 7.31. The number of Topliss-reactive ketones (excluding diaryl/α,β-unsaturated/α-hetero) is 1. The van der Waals surface area contributed by atoms with E-state index in [1.807, 2.05) is 19.9 Å². The zero-order valence-electron chi connectivity index (χ0n) is 21.6. The smallest absolute Gasteiger partial charge is 0.317 e. The Balaban J connectivity index is 1.52. The average molecular weight is 495 g/mol. The number of ketones is 1. The summed E-state index contributed by atoms with van der Waals surface area (Å²) in [7, 11) is 0. The number of halogens is 1. The lowest BCUT2D eigenvalue weighted by Crippen LogP contribution is -2.52. The number of aryl methyl sites for hydroxylation is 3. The first-order valence-corrected chi connectivity index (χ1v) is 12.9. The summed E-state index contributed by atoms with van der Waals surface area (Å²) < 4.78 is 22.7. The van der Waals surface area contributed by atoms with E-state index in [1.54, 1.807) is 24.6 Å². The van der Waals surface area contributed by atoms with Crippen LogP contribution in [0.2, 0.25) is 0 Å². The Morgan fingerprint density at radius 2 is 2.00 bits per heavy atom. The van der Waals surface area contributed by atoms with Crippen LogP contribution in [-0.2, 0) is 39.1 Å². The van der Waals surface area contributed by atoms with Crippen molar-refractivity contribution < 1.29 is 18.7 Å². The summed E-state index contributed by atoms with van der Waals surface area (Å²) in [5, 5.41) is 13.8. The molecule has 0 spiro atoms. The molecule has 1 aliphatic carbocycles. The second kappa shape index (κ2) is 10.1. The SMILES string of the molecule is CCn1nc(CC2C(=O)CC(CCc3ccc(C(C)(C)C#N)c(F)c3)(C3CCCC3)OC2=O)nc1C. The fraction of sp³-hybridized carbons (Fsp3) is 0.607. The lowest BCUT2D eigenvalue weighted by atomic mass is 9.73. The zero-order valence-corrected chi connectivity index (χ0v) is 21.6. The molecule has 8 heteroatoms. The van der Waals surface area contributed by atoms with Gasteiger partial charge in [-0.3, -0.25) is 14.3 Å². The molecule has 2 unspecified atom stereocenters. The molecular weight excluding hydrogens is 459 g/mol. The van der Waals surface area contributed by atoms with E-state index in [2.05, 4.69) is 16.2 Å². The van der Waals surface area contributed by atoms with E-state index in [4.69, 9.17) is 4.74 Å². The van der Waals surface area contributed by atoms with Gasteiger partial charge in [-0.15, -0.1) is 0 Å². The van der Waals surface area contributed by atoms with Crippen LogP contribution < -0.4 is 0 Å². The Bertz CT molecular complexity index is 1170. The second-order valence-corrected chi connectivity index (χ2v) is 10.8. The summed E-state index contributed by atoms with van der Waals surface area (Å²) >= 11 is 0. The molecule has 2 aromatic rings. The molecule has 1 saturated heterocycles. The van der Waals surface area contributed by atoms with Gasteiger partial charge < -0.3 is 4.74 Å². The number of nitrogens with zero attached hydrogens (tertiary/aromatic N) is 4. The van der Waals surface area contributed by atoms with Crippen LogP contribution in [-0.4, -0.2) is 32.1 Å². The van der Waals surface area contributed by atoms with Crippen molar-refractivity contribution in [2.45, 2.75) is 96.6 Å². The quantitative estimate of drug-likeness (QED) is 0.387. The number of carbonyl (C=O) groups excluding carboxylic acids is 2. The van der Waals surface area contributed by atoms with Gasteiger partial charge in [0.25, 0.3) is 0 Å². The molecule has 0 radical (unpaired) electrons. The minimum Gasteiger partial charge on any atom is -0.458 e. The molecule has 1 aliphatic heterocycles. The van der Waals surface area contributed by atoms with Crippen LogP contribution in [0.3, 0.4) is 0 Å². The van der Waals surface area contributed by atoms with Gasteiger partial charge in [0.15, 0.2) is 11.6 Å². The lowest BCUT2D eigenvalue weighted by Gasteiger charge is -2.43. The number of esters is 1. The van der Waals surface area contributed by atoms with Crippen molar-refractivity contribution in [1.29, 1.82) is 5.26 Å². The minimum atomic E-state index is -0.922. The number of benzene rings is 1. The van der Waals surface area contributed by atoms with Gasteiger partial charge >= 0.3 is 5.97 Å². The molecule has 7 nitrogen and oxygen atoms in total. The normalized spacial score (nSPS) is 23.1. The van der Waals surface area contributed by atoms with Gasteiger partial charge in [-0.25, -0.2) is 9.37 Å². The maximum absolute atomic E-state index is 14.8. The van der Waals surface area contributed by atoms with Crippen molar-refractivity contribution in [3.05, 3.63) is 46.8 Å². The van der Waals surface area contributed by atoms with Crippen molar-refractivity contribution in [3.63, 3.8) is 0 Å². The second-order valence-electron chi connectivity index (χ2n) is 10.8. The molecule has 1 aromatic heterocycles. The summed E-state index contributed by atoms with van der Waals surface area (Å²) in [4.78, 5) is 31.0. The molecule has 0 bridgehead atoms. The monoisotopic (exact) mass is 494 g/mol. The van der Waals surface area contributed by atoms with E-state index in [0.717, 1.165) is 37.1 Å². The molecule has 36 heavy (non-hydrogen) atoms. The molecule has 0 amide bonds. The molecule has 4 rings (SSSR count). The highest BCUT2D eigenvalue weighted by molar-refractivity contribution is 6.01. The first-order chi connectivity index (χ1) is 17.1. The molecule has 2 heterocycles. The third-order valence-electron chi connectivity index (χ3n) is 7.96. The van der Waals surface area contributed by atoms with E-state index in [1.165, 1.54) is 6.07 Å². The summed E-state index contributed by atoms with van der Waals surface area (Å²) in [5.74, 6) is -0.582. The first-order valence-electron chi connectivity index (χ1n) is 12.9. The largest absolute Gasteiger partial charge is 0.458 e. The molecular formula is C28H35FN4O3. The van der Waals surface area contributed by atoms with Crippen molar-refractivity contribution in [2.75, 3.05) is 0 Å². The lowest BCUT2D eigenvalue weighted by molar-refractivity contribution is -0.185. The van der Waals surface area contributed by atoms with E-state index in [-0.39, 0.29) is 24.5 Å². The van der Waals surface area contributed by atoms with Crippen molar-refractivity contribution in [2.24, 2.45) is 11.8 Å². The molecule has 192 valence electrons. The molecule has 0 N–H and O–H groups in total. The molecule has 1 aromatic carbocycles. The standard InChI is InChI=1S/C28H35FN4O3/c1-5-33-18(2)31-25(32-33)15-21-24(34)16-28(36-26(21)35,20-8-6-7-9-20)13-12-19-10-11-22(23(29)14-19)27(3,4)17-30/h10-11,14,20-21H,5-9,12-13,15-16H2,1-4H3. The third-order valence-corrected chi connectivity index (χ3v) is 7.96. The average Bonchev–Trinajstić information content (AvgIpc) is 3.50. The van der Waals surface area contributed by atoms with Crippen LogP contribution in [0.1, 0.15) is 82.1 Å². The Morgan fingerprint density at radius 1 is 1.28 bits per heavy atom. The van der Waals surface area contributed by atoms with Gasteiger partial charge in [0.1, 0.15) is 23.2 Å². The molecule has 1 saturated carbocycles. The molecule has 2 fully saturated rings. The van der Waals surface area contributed by atoms with Gasteiger partial charge in [-0.1, -0.05) is 25.0 Å². The van der Waals surface area contributed by atoms with E-state index < -0.39 is 28.7 Å². The van der Waals surface area contributed by atoms with Gasteiger partial charge in [0.2, 0.25) is 0 Å². The van der Waals surface area contributed by atoms with Crippen LogP contribution >= 0.6 is 0 Å². The fourth-order valence-electron chi connectivity index (χ4n) is 5.76. The predicted molar refractivity (Wildman–Crippen MR) is 131 cm³/mol. The van der Waals surface area contributed by atoms with Crippen molar-refractivity contribution in [1.82, 2.24) is 14.8 Å². The zero-order chi connectivity index (χ0) is 26.1. The maximum atomic E-state index is 14.8. The van der Waals surface area contributed by atoms with Crippen molar-refractivity contribution >= 4 is 11.8 Å². The number of carbonyl (C=O) groups is 2. The van der Waals surface area contributed by atoms with E-state index in [9.17, 15) is 19.2 Å². The van der Waals surface area contributed by atoms with E-state index in [0.29, 0.717) is 30.8 Å². The summed E-state index contributed by atoms with van der Waals surface area (Å²) in [5.41, 5.74) is -0.670. The third kappa shape index (κ3) is 5.07. The highest BCUT2D eigenvalue weighted by Gasteiger charge is 2.51. The number of nitriles is 1. The minimum absolute atomic E-state index is 0.118. The highest BCUT2D eigenvalue weighted by Crippen LogP contribution is 2.45. The van der Waals surface area contributed by atoms with Crippen LogP contribution in [0.5, 0.6) is 0 Å². The number of ether oxygens (including phenoxy) is 1. The molecule has 2 atom stereocenters. The van der Waals surface area contributed by atoms with Gasteiger partial charge in [0, 0.05) is 24.9 Å². The summed E-state index contributed by atoms with van der Waals surface area (Å²) in [6, 6.07) is 7.09. The number of rotatable bonds is 8. The number of aromatic nitrogens is 3. The Morgan fingerprint density at radius 3 is 2.58 bits per heavy atom. The molecule has 2 aliphatic rings. The Hall–Kier alpha value is -3.08. The number of hydrogen-bond acceptors (Lipinski definition) is 6. The summed E-state index contributed by atoms with van der Waals surface area (Å²) in [6.45, 7) is 7.86. The first kappa shape index (κ1) is 26.0. The fourth-order valence-corrected chi connectivity index (χ4v) is 5.76. The maximum Gasteiger partial charge on any atom is 0.317 e. The number of cyclic esters (lactones) is 1. The Labute approximate surface area is 212 Å². The van der Waals surface area contributed by atoms with Crippen LogP contribution in [0.15, 0.2) is 18.2 Å². The predicted octanol–water partition coefficient (Wildman–Crippen LogP) is 4.78.